The third-order valence-electron chi connectivity index (χ3n) is 3.31. The highest BCUT2D eigenvalue weighted by Crippen LogP contribution is 2.27. The van der Waals surface area contributed by atoms with Gasteiger partial charge < -0.3 is 15.2 Å². The number of benzene rings is 1. The zero-order valence-electron chi connectivity index (χ0n) is 13.7. The Hall–Kier alpha value is -1.99. The van der Waals surface area contributed by atoms with E-state index in [0.29, 0.717) is 18.4 Å². The van der Waals surface area contributed by atoms with Crippen LogP contribution in [0.5, 0.6) is 0 Å². The summed E-state index contributed by atoms with van der Waals surface area (Å²) in [6.45, 7) is 7.04. The molecule has 4 heteroatoms. The number of rotatable bonds is 5. The maximum Gasteiger partial charge on any atom is 0.407 e. The van der Waals surface area contributed by atoms with E-state index in [1.54, 1.807) is 27.7 Å². The van der Waals surface area contributed by atoms with Gasteiger partial charge in [0.15, 0.2) is 0 Å². The van der Waals surface area contributed by atoms with Gasteiger partial charge in [-0.1, -0.05) is 30.3 Å². The number of amides is 1. The first kappa shape index (κ1) is 18.1. The van der Waals surface area contributed by atoms with Crippen LogP contribution in [0.15, 0.2) is 30.3 Å². The Morgan fingerprint density at radius 2 is 1.91 bits per heavy atom. The number of aliphatic hydroxyl groups is 1. The molecule has 2 N–H and O–H groups in total. The highest BCUT2D eigenvalue weighted by Gasteiger charge is 2.35. The van der Waals surface area contributed by atoms with Crippen LogP contribution in [0, 0.1) is 12.3 Å². The molecular formula is C18H25NO3. The quantitative estimate of drug-likeness (QED) is 0.821. The Kier molecular flexibility index (Phi) is 6.01. The lowest BCUT2D eigenvalue weighted by molar-refractivity contribution is 0.000344. The molecule has 120 valence electrons. The Balaban J connectivity index is 2.92. The molecule has 0 bridgehead atoms. The van der Waals surface area contributed by atoms with Gasteiger partial charge in [-0.25, -0.2) is 4.79 Å². The van der Waals surface area contributed by atoms with Crippen LogP contribution in [0.4, 0.5) is 4.79 Å². The lowest BCUT2D eigenvalue weighted by Crippen LogP contribution is -2.50. The first-order chi connectivity index (χ1) is 10.2. The summed E-state index contributed by atoms with van der Waals surface area (Å²) < 4.78 is 5.27. The number of hydrogen-bond donors (Lipinski definition) is 2. The van der Waals surface area contributed by atoms with Gasteiger partial charge in [-0.2, -0.15) is 0 Å². The van der Waals surface area contributed by atoms with Crippen molar-refractivity contribution < 1.29 is 14.6 Å². The van der Waals surface area contributed by atoms with E-state index in [2.05, 4.69) is 11.2 Å². The number of terminal acetylenes is 1. The zero-order chi connectivity index (χ0) is 16.8. The molecule has 2 unspecified atom stereocenters. The minimum atomic E-state index is -1.24. The van der Waals surface area contributed by atoms with Crippen LogP contribution < -0.4 is 5.32 Å². The van der Waals surface area contributed by atoms with Crippen molar-refractivity contribution in [2.24, 2.45) is 0 Å². The second-order valence-electron chi connectivity index (χ2n) is 6.46. The summed E-state index contributed by atoms with van der Waals surface area (Å²) in [4.78, 5) is 12.0. The molecule has 1 amide bonds. The maximum atomic E-state index is 12.0. The lowest BCUT2D eigenvalue weighted by atomic mass is 9.86. The molecule has 0 heterocycles. The van der Waals surface area contributed by atoms with Crippen molar-refractivity contribution in [2.75, 3.05) is 0 Å². The fourth-order valence-corrected chi connectivity index (χ4v) is 2.15. The van der Waals surface area contributed by atoms with Crippen molar-refractivity contribution in [2.45, 2.75) is 57.8 Å². The van der Waals surface area contributed by atoms with Gasteiger partial charge in [-0.3, -0.25) is 0 Å². The van der Waals surface area contributed by atoms with Crippen molar-refractivity contribution >= 4 is 6.09 Å². The average molecular weight is 303 g/mol. The number of hydrogen-bond acceptors (Lipinski definition) is 3. The third-order valence-corrected chi connectivity index (χ3v) is 3.31. The first-order valence-corrected chi connectivity index (χ1v) is 7.37. The molecule has 0 aliphatic carbocycles. The van der Waals surface area contributed by atoms with Gasteiger partial charge in [0.25, 0.3) is 0 Å². The number of ether oxygens (including phenoxy) is 1. The molecule has 0 saturated heterocycles. The predicted molar refractivity (Wildman–Crippen MR) is 87.2 cm³/mol. The summed E-state index contributed by atoms with van der Waals surface area (Å²) in [7, 11) is 0. The smallest absolute Gasteiger partial charge is 0.407 e. The summed E-state index contributed by atoms with van der Waals surface area (Å²) in [5.74, 6) is 2.54. The first-order valence-electron chi connectivity index (χ1n) is 7.37. The minimum Gasteiger partial charge on any atom is -0.444 e. The molecule has 0 aliphatic rings. The Labute approximate surface area is 132 Å². The fourth-order valence-electron chi connectivity index (χ4n) is 2.15. The van der Waals surface area contributed by atoms with Crippen LogP contribution >= 0.6 is 0 Å². The summed E-state index contributed by atoms with van der Waals surface area (Å²) in [6, 6.07) is 8.66. The molecule has 4 nitrogen and oxygen atoms in total. The van der Waals surface area contributed by atoms with Crippen LogP contribution in [0.3, 0.4) is 0 Å². The molecule has 0 spiro atoms. The van der Waals surface area contributed by atoms with Crippen LogP contribution in [-0.2, 0) is 10.3 Å². The van der Waals surface area contributed by atoms with E-state index in [0.717, 1.165) is 0 Å². The van der Waals surface area contributed by atoms with E-state index in [1.807, 2.05) is 30.3 Å². The summed E-state index contributed by atoms with van der Waals surface area (Å²) >= 11 is 0. The molecule has 0 radical (unpaired) electrons. The molecule has 0 aliphatic heterocycles. The monoisotopic (exact) mass is 303 g/mol. The van der Waals surface area contributed by atoms with Crippen molar-refractivity contribution in [3.8, 4) is 12.3 Å². The number of alkyl carbamates (subject to hydrolysis) is 1. The topological polar surface area (TPSA) is 58.6 Å². The second-order valence-corrected chi connectivity index (χ2v) is 6.46. The largest absolute Gasteiger partial charge is 0.444 e. The Morgan fingerprint density at radius 1 is 1.32 bits per heavy atom. The van der Waals surface area contributed by atoms with E-state index in [1.165, 1.54) is 0 Å². The summed E-state index contributed by atoms with van der Waals surface area (Å²) in [5.41, 5.74) is -1.12. The van der Waals surface area contributed by atoms with Crippen molar-refractivity contribution in [1.29, 1.82) is 0 Å². The lowest BCUT2D eigenvalue weighted by Gasteiger charge is -2.34. The van der Waals surface area contributed by atoms with Crippen molar-refractivity contribution in [3.05, 3.63) is 35.9 Å². The minimum absolute atomic E-state index is 0.448. The number of nitrogens with one attached hydrogen (secondary N) is 1. The number of carbonyl (C=O) groups is 1. The predicted octanol–water partition coefficient (Wildman–Crippen LogP) is 3.20. The van der Waals surface area contributed by atoms with Crippen LogP contribution in [0.25, 0.3) is 0 Å². The van der Waals surface area contributed by atoms with E-state index in [4.69, 9.17) is 11.2 Å². The van der Waals surface area contributed by atoms with E-state index in [-0.39, 0.29) is 0 Å². The third kappa shape index (κ3) is 5.42. The molecular weight excluding hydrogens is 278 g/mol. The van der Waals surface area contributed by atoms with Crippen molar-refractivity contribution in [3.63, 3.8) is 0 Å². The van der Waals surface area contributed by atoms with Gasteiger partial charge in [0.1, 0.15) is 11.2 Å². The van der Waals surface area contributed by atoms with E-state index < -0.39 is 23.3 Å². The van der Waals surface area contributed by atoms with Gasteiger partial charge in [-0.15, -0.1) is 12.3 Å². The van der Waals surface area contributed by atoms with E-state index in [9.17, 15) is 9.90 Å². The zero-order valence-corrected chi connectivity index (χ0v) is 13.7. The Bertz CT molecular complexity index is 524. The van der Waals surface area contributed by atoms with Crippen LogP contribution in [0.2, 0.25) is 0 Å². The summed E-state index contributed by atoms with van der Waals surface area (Å²) in [6.07, 6.45) is 5.66. The molecule has 1 rings (SSSR count). The van der Waals surface area contributed by atoms with Crippen molar-refractivity contribution in [1.82, 2.24) is 5.32 Å². The normalized spacial score (nSPS) is 15.3. The molecule has 0 fully saturated rings. The van der Waals surface area contributed by atoms with Gasteiger partial charge in [-0.05, 0) is 39.7 Å². The van der Waals surface area contributed by atoms with E-state index >= 15 is 0 Å². The highest BCUT2D eigenvalue weighted by atomic mass is 16.6. The Morgan fingerprint density at radius 3 is 2.41 bits per heavy atom. The average Bonchev–Trinajstić information content (AvgIpc) is 2.42. The molecule has 0 saturated carbocycles. The molecule has 0 aromatic heterocycles. The van der Waals surface area contributed by atoms with Gasteiger partial charge in [0.05, 0.1) is 6.04 Å². The fraction of sp³-hybridized carbons (Fsp3) is 0.500. The van der Waals surface area contributed by atoms with Gasteiger partial charge >= 0.3 is 6.09 Å². The van der Waals surface area contributed by atoms with Crippen LogP contribution in [-0.4, -0.2) is 22.8 Å². The standard InChI is InChI=1S/C18H25NO3/c1-6-7-13-15(19-16(20)22-17(2,3)4)18(5,21)14-11-9-8-10-12-14/h1,8-12,15,21H,7,13H2,2-5H3,(H,19,20). The molecule has 22 heavy (non-hydrogen) atoms. The highest BCUT2D eigenvalue weighted by molar-refractivity contribution is 5.68. The SMILES string of the molecule is C#CCCC(NC(=O)OC(C)(C)C)C(C)(O)c1ccccc1. The van der Waals surface area contributed by atoms with Crippen LogP contribution in [0.1, 0.15) is 46.1 Å². The molecule has 1 aromatic rings. The summed E-state index contributed by atoms with van der Waals surface area (Å²) in [5, 5.41) is 13.6. The van der Waals surface area contributed by atoms with Gasteiger partial charge in [0.2, 0.25) is 0 Å². The molecule has 2 atom stereocenters. The molecule has 1 aromatic carbocycles. The number of carbonyl (C=O) groups excluding carboxylic acids is 1. The van der Waals surface area contributed by atoms with Gasteiger partial charge in [0, 0.05) is 6.42 Å². The maximum absolute atomic E-state index is 12.0. The second kappa shape index (κ2) is 7.33.